The smallest absolute Gasteiger partial charge is 0.223 e. The maximum absolute atomic E-state index is 11.8. The van der Waals surface area contributed by atoms with E-state index in [1.54, 1.807) is 6.92 Å². The molecule has 1 amide bonds. The van der Waals surface area contributed by atoms with Crippen molar-refractivity contribution >= 4 is 5.91 Å². The van der Waals surface area contributed by atoms with Gasteiger partial charge in [-0.15, -0.1) is 0 Å². The number of carbonyl (C=O) groups excluding carboxylic acids is 1. The number of carbonyl (C=O) groups is 1. The Kier molecular flexibility index (Phi) is 4.11. The summed E-state index contributed by atoms with van der Waals surface area (Å²) in [5.74, 6) is 0.0703. The van der Waals surface area contributed by atoms with Crippen molar-refractivity contribution in [3.63, 3.8) is 0 Å². The molecule has 0 aromatic carbocycles. The van der Waals surface area contributed by atoms with E-state index in [1.807, 2.05) is 13.8 Å². The van der Waals surface area contributed by atoms with Crippen LogP contribution in [0.4, 0.5) is 0 Å². The monoisotopic (exact) mass is 215 g/mol. The first-order valence-electron chi connectivity index (χ1n) is 5.51. The molecule has 0 spiro atoms. The molecule has 1 fully saturated rings. The van der Waals surface area contributed by atoms with Crippen molar-refractivity contribution in [3.8, 4) is 0 Å². The van der Waals surface area contributed by atoms with Gasteiger partial charge in [-0.2, -0.15) is 0 Å². The SMILES string of the molecule is CC(O)C(C)(C)NC(=O)C1CCOCC1. The van der Waals surface area contributed by atoms with E-state index in [-0.39, 0.29) is 11.8 Å². The molecule has 1 aliphatic heterocycles. The summed E-state index contributed by atoms with van der Waals surface area (Å²) < 4.78 is 5.20. The van der Waals surface area contributed by atoms with Gasteiger partial charge in [0, 0.05) is 19.1 Å². The third kappa shape index (κ3) is 3.47. The number of nitrogens with one attached hydrogen (secondary N) is 1. The second-order valence-corrected chi connectivity index (χ2v) is 4.77. The van der Waals surface area contributed by atoms with Gasteiger partial charge in [0.05, 0.1) is 11.6 Å². The predicted octanol–water partition coefficient (Wildman–Crippen LogP) is 0.689. The van der Waals surface area contributed by atoms with Crippen molar-refractivity contribution in [1.29, 1.82) is 0 Å². The highest BCUT2D eigenvalue weighted by atomic mass is 16.5. The number of hydrogen-bond donors (Lipinski definition) is 2. The molecule has 1 rings (SSSR count). The lowest BCUT2D eigenvalue weighted by Gasteiger charge is -2.32. The molecule has 1 atom stereocenters. The van der Waals surface area contributed by atoms with Gasteiger partial charge in [0.2, 0.25) is 5.91 Å². The first-order valence-corrected chi connectivity index (χ1v) is 5.51. The summed E-state index contributed by atoms with van der Waals surface area (Å²) >= 11 is 0. The fourth-order valence-electron chi connectivity index (χ4n) is 1.48. The first-order chi connectivity index (χ1) is 6.93. The van der Waals surface area contributed by atoms with E-state index in [1.165, 1.54) is 0 Å². The minimum absolute atomic E-state index is 0.0317. The second-order valence-electron chi connectivity index (χ2n) is 4.77. The van der Waals surface area contributed by atoms with Crippen LogP contribution in [0.3, 0.4) is 0 Å². The average molecular weight is 215 g/mol. The number of amides is 1. The van der Waals surface area contributed by atoms with Crippen molar-refractivity contribution in [1.82, 2.24) is 5.32 Å². The van der Waals surface area contributed by atoms with Crippen LogP contribution >= 0.6 is 0 Å². The van der Waals surface area contributed by atoms with E-state index in [2.05, 4.69) is 5.32 Å². The summed E-state index contributed by atoms with van der Waals surface area (Å²) in [6, 6.07) is 0. The van der Waals surface area contributed by atoms with Crippen LogP contribution in [0, 0.1) is 5.92 Å². The van der Waals surface area contributed by atoms with Gasteiger partial charge in [-0.1, -0.05) is 0 Å². The van der Waals surface area contributed by atoms with Crippen LogP contribution in [-0.2, 0) is 9.53 Å². The summed E-state index contributed by atoms with van der Waals surface area (Å²) in [4.78, 5) is 11.8. The summed E-state index contributed by atoms with van der Waals surface area (Å²) in [5.41, 5.74) is -0.560. The summed E-state index contributed by atoms with van der Waals surface area (Å²) in [6.07, 6.45) is 1.00. The molecule has 4 nitrogen and oxygen atoms in total. The predicted molar refractivity (Wildman–Crippen MR) is 57.4 cm³/mol. The maximum Gasteiger partial charge on any atom is 0.223 e. The van der Waals surface area contributed by atoms with Gasteiger partial charge in [0.1, 0.15) is 0 Å². The Morgan fingerprint density at radius 1 is 1.47 bits per heavy atom. The zero-order valence-electron chi connectivity index (χ0n) is 9.75. The zero-order chi connectivity index (χ0) is 11.5. The minimum Gasteiger partial charge on any atom is -0.391 e. The van der Waals surface area contributed by atoms with Gasteiger partial charge in [-0.3, -0.25) is 4.79 Å². The lowest BCUT2D eigenvalue weighted by Crippen LogP contribution is -2.53. The second kappa shape index (κ2) is 4.94. The minimum atomic E-state index is -0.560. The third-order valence-electron chi connectivity index (χ3n) is 3.08. The molecule has 1 aliphatic rings. The third-order valence-corrected chi connectivity index (χ3v) is 3.08. The molecule has 0 aromatic rings. The van der Waals surface area contributed by atoms with Crippen LogP contribution in [0.25, 0.3) is 0 Å². The molecule has 0 aliphatic carbocycles. The molecule has 0 bridgehead atoms. The number of hydrogen-bond acceptors (Lipinski definition) is 3. The highest BCUT2D eigenvalue weighted by Gasteiger charge is 2.30. The van der Waals surface area contributed by atoms with E-state index in [9.17, 15) is 9.90 Å². The van der Waals surface area contributed by atoms with Crippen LogP contribution < -0.4 is 5.32 Å². The molecule has 1 saturated heterocycles. The number of aliphatic hydroxyl groups excluding tert-OH is 1. The van der Waals surface area contributed by atoms with Gasteiger partial charge in [0.25, 0.3) is 0 Å². The molecule has 0 saturated carbocycles. The molecule has 1 unspecified atom stereocenters. The quantitative estimate of drug-likeness (QED) is 0.728. The molecule has 15 heavy (non-hydrogen) atoms. The normalized spacial score (nSPS) is 21.1. The molecular weight excluding hydrogens is 194 g/mol. The number of aliphatic hydroxyl groups is 1. The Bertz CT molecular complexity index is 220. The van der Waals surface area contributed by atoms with E-state index in [0.717, 1.165) is 12.8 Å². The van der Waals surface area contributed by atoms with Crippen molar-refractivity contribution in [2.45, 2.75) is 45.3 Å². The van der Waals surface area contributed by atoms with Crippen molar-refractivity contribution in [3.05, 3.63) is 0 Å². The Balaban J connectivity index is 2.47. The van der Waals surface area contributed by atoms with Gasteiger partial charge in [-0.25, -0.2) is 0 Å². The van der Waals surface area contributed by atoms with Gasteiger partial charge in [-0.05, 0) is 33.6 Å². The Hall–Kier alpha value is -0.610. The number of rotatable bonds is 3. The van der Waals surface area contributed by atoms with E-state index in [0.29, 0.717) is 13.2 Å². The average Bonchev–Trinajstić information content (AvgIpc) is 2.18. The van der Waals surface area contributed by atoms with Crippen molar-refractivity contribution in [2.75, 3.05) is 13.2 Å². The maximum atomic E-state index is 11.8. The lowest BCUT2D eigenvalue weighted by atomic mass is 9.94. The highest BCUT2D eigenvalue weighted by Crippen LogP contribution is 2.17. The largest absolute Gasteiger partial charge is 0.391 e. The highest BCUT2D eigenvalue weighted by molar-refractivity contribution is 5.79. The summed E-state index contributed by atoms with van der Waals surface area (Å²) in [7, 11) is 0. The molecule has 88 valence electrons. The van der Waals surface area contributed by atoms with E-state index < -0.39 is 11.6 Å². The zero-order valence-corrected chi connectivity index (χ0v) is 9.75. The molecule has 1 heterocycles. The fourth-order valence-corrected chi connectivity index (χ4v) is 1.48. The van der Waals surface area contributed by atoms with Crippen LogP contribution in [0.5, 0.6) is 0 Å². The molecular formula is C11H21NO3. The van der Waals surface area contributed by atoms with Gasteiger partial charge in [0.15, 0.2) is 0 Å². The molecule has 4 heteroatoms. The van der Waals surface area contributed by atoms with Crippen molar-refractivity contribution in [2.24, 2.45) is 5.92 Å². The fraction of sp³-hybridized carbons (Fsp3) is 0.909. The summed E-state index contributed by atoms with van der Waals surface area (Å²) in [5, 5.41) is 12.4. The van der Waals surface area contributed by atoms with E-state index in [4.69, 9.17) is 4.74 Å². The van der Waals surface area contributed by atoms with Crippen LogP contribution in [0.15, 0.2) is 0 Å². The van der Waals surface area contributed by atoms with Gasteiger partial charge >= 0.3 is 0 Å². The molecule has 0 radical (unpaired) electrons. The molecule has 2 N–H and O–H groups in total. The Labute approximate surface area is 91.0 Å². The summed E-state index contributed by atoms with van der Waals surface area (Å²) in [6.45, 7) is 6.66. The Morgan fingerprint density at radius 2 is 2.00 bits per heavy atom. The van der Waals surface area contributed by atoms with Crippen molar-refractivity contribution < 1.29 is 14.6 Å². The van der Waals surface area contributed by atoms with E-state index >= 15 is 0 Å². The van der Waals surface area contributed by atoms with Crippen LogP contribution in [-0.4, -0.2) is 35.9 Å². The lowest BCUT2D eigenvalue weighted by molar-refractivity contribution is -0.130. The number of ether oxygens (including phenoxy) is 1. The topological polar surface area (TPSA) is 58.6 Å². The molecule has 0 aromatic heterocycles. The van der Waals surface area contributed by atoms with Crippen LogP contribution in [0.2, 0.25) is 0 Å². The standard InChI is InChI=1S/C11H21NO3/c1-8(13)11(2,3)12-10(14)9-4-6-15-7-5-9/h8-9,13H,4-7H2,1-3H3,(H,12,14). The van der Waals surface area contributed by atoms with Crippen LogP contribution in [0.1, 0.15) is 33.6 Å². The van der Waals surface area contributed by atoms with Gasteiger partial charge < -0.3 is 15.2 Å². The Morgan fingerprint density at radius 3 is 2.47 bits per heavy atom. The first kappa shape index (κ1) is 12.5.